The van der Waals surface area contributed by atoms with Crippen LogP contribution in [0.4, 0.5) is 0 Å². The van der Waals surface area contributed by atoms with Crippen LogP contribution in [0.5, 0.6) is 0 Å². The van der Waals surface area contributed by atoms with Crippen LogP contribution in [0.25, 0.3) is 43.8 Å². The van der Waals surface area contributed by atoms with Gasteiger partial charge in [0.2, 0.25) is 0 Å². The zero-order valence-corrected chi connectivity index (χ0v) is 16.2. The summed E-state index contributed by atoms with van der Waals surface area (Å²) in [6, 6.07) is 35.3. The van der Waals surface area contributed by atoms with Crippen LogP contribution in [0.1, 0.15) is 11.1 Å². The molecule has 28 heavy (non-hydrogen) atoms. The van der Waals surface area contributed by atoms with Crippen LogP contribution in [-0.4, -0.2) is 0 Å². The summed E-state index contributed by atoms with van der Waals surface area (Å²) in [7, 11) is 0. The highest BCUT2D eigenvalue weighted by atomic mass is 14.1. The average molecular weight is 358 g/mol. The third-order valence-corrected chi connectivity index (χ3v) is 5.69. The molecule has 0 heteroatoms. The lowest BCUT2D eigenvalue weighted by Crippen LogP contribution is -1.90. The summed E-state index contributed by atoms with van der Waals surface area (Å²) in [5.74, 6) is 0. The van der Waals surface area contributed by atoms with Gasteiger partial charge < -0.3 is 0 Å². The van der Waals surface area contributed by atoms with Crippen LogP contribution >= 0.6 is 0 Å². The van der Waals surface area contributed by atoms with Gasteiger partial charge in [-0.25, -0.2) is 0 Å². The standard InChI is InChI=1S/C28H22/c1-19-15-28(26-14-12-22-8-4-6-10-24(22)18-26)20(2)16-27(19)25-13-11-21-7-3-5-9-23(21)17-25/h3-18H,1-2H3. The molecular formula is C28H22. The monoisotopic (exact) mass is 358 g/mol. The highest BCUT2D eigenvalue weighted by Gasteiger charge is 2.09. The number of aryl methyl sites for hydroxylation is 2. The first kappa shape index (κ1) is 16.8. The zero-order valence-electron chi connectivity index (χ0n) is 16.2. The van der Waals surface area contributed by atoms with Gasteiger partial charge in [-0.1, -0.05) is 84.9 Å². The van der Waals surface area contributed by atoms with Crippen molar-refractivity contribution < 1.29 is 0 Å². The van der Waals surface area contributed by atoms with E-state index in [9.17, 15) is 0 Å². The molecule has 0 heterocycles. The average Bonchev–Trinajstić information content (AvgIpc) is 2.74. The molecule has 0 amide bonds. The molecule has 0 radical (unpaired) electrons. The van der Waals surface area contributed by atoms with Crippen molar-refractivity contribution in [3.8, 4) is 22.3 Å². The quantitative estimate of drug-likeness (QED) is 0.300. The van der Waals surface area contributed by atoms with Crippen molar-refractivity contribution in [2.75, 3.05) is 0 Å². The minimum absolute atomic E-state index is 1.28. The molecule has 0 aromatic heterocycles. The minimum Gasteiger partial charge on any atom is -0.0616 e. The smallest absolute Gasteiger partial charge is 0.0151 e. The summed E-state index contributed by atoms with van der Waals surface area (Å²) in [5, 5.41) is 5.15. The van der Waals surface area contributed by atoms with E-state index in [-0.39, 0.29) is 0 Å². The second kappa shape index (κ2) is 6.65. The predicted molar refractivity (Wildman–Crippen MR) is 122 cm³/mol. The third-order valence-electron chi connectivity index (χ3n) is 5.69. The van der Waals surface area contributed by atoms with Crippen LogP contribution in [0.2, 0.25) is 0 Å². The minimum atomic E-state index is 1.28. The Balaban J connectivity index is 1.62. The fraction of sp³-hybridized carbons (Fsp3) is 0.0714. The maximum atomic E-state index is 2.34. The van der Waals surface area contributed by atoms with Crippen LogP contribution < -0.4 is 0 Å². The summed E-state index contributed by atoms with van der Waals surface area (Å²) < 4.78 is 0. The van der Waals surface area contributed by atoms with Crippen LogP contribution in [0.15, 0.2) is 97.1 Å². The van der Waals surface area contributed by atoms with E-state index >= 15 is 0 Å². The van der Waals surface area contributed by atoms with Crippen molar-refractivity contribution in [3.05, 3.63) is 108 Å². The van der Waals surface area contributed by atoms with E-state index < -0.39 is 0 Å². The number of hydrogen-bond acceptors (Lipinski definition) is 0. The van der Waals surface area contributed by atoms with Crippen molar-refractivity contribution in [2.45, 2.75) is 13.8 Å². The van der Waals surface area contributed by atoms with Crippen molar-refractivity contribution in [3.63, 3.8) is 0 Å². The maximum Gasteiger partial charge on any atom is -0.0151 e. The lowest BCUT2D eigenvalue weighted by Gasteiger charge is -2.14. The lowest BCUT2D eigenvalue weighted by atomic mass is 9.90. The van der Waals surface area contributed by atoms with Crippen molar-refractivity contribution >= 4 is 21.5 Å². The van der Waals surface area contributed by atoms with E-state index in [0.717, 1.165) is 0 Å². The number of fused-ring (bicyclic) bond motifs is 2. The van der Waals surface area contributed by atoms with E-state index in [2.05, 4.69) is 111 Å². The molecule has 0 fully saturated rings. The fourth-order valence-electron chi connectivity index (χ4n) is 4.15. The Morgan fingerprint density at radius 2 is 0.786 bits per heavy atom. The van der Waals surface area contributed by atoms with E-state index in [4.69, 9.17) is 0 Å². The zero-order chi connectivity index (χ0) is 19.1. The molecule has 0 saturated carbocycles. The van der Waals surface area contributed by atoms with E-state index in [1.54, 1.807) is 0 Å². The Morgan fingerprint density at radius 1 is 0.393 bits per heavy atom. The molecular weight excluding hydrogens is 336 g/mol. The summed E-state index contributed by atoms with van der Waals surface area (Å²) in [6.45, 7) is 4.43. The number of rotatable bonds is 2. The molecule has 0 spiro atoms. The molecule has 5 aromatic rings. The normalized spacial score (nSPS) is 11.2. The van der Waals surface area contributed by atoms with Gasteiger partial charge in [0.1, 0.15) is 0 Å². The molecule has 5 aromatic carbocycles. The lowest BCUT2D eigenvalue weighted by molar-refractivity contribution is 1.39. The molecule has 5 rings (SSSR count). The predicted octanol–water partition coefficient (Wildman–Crippen LogP) is 7.94. The Hall–Kier alpha value is -3.38. The molecule has 0 aliphatic rings. The first-order chi connectivity index (χ1) is 13.7. The molecule has 0 N–H and O–H groups in total. The van der Waals surface area contributed by atoms with Crippen LogP contribution in [0, 0.1) is 13.8 Å². The third kappa shape index (κ3) is 2.88. The molecule has 0 bridgehead atoms. The van der Waals surface area contributed by atoms with Gasteiger partial charge in [0, 0.05) is 0 Å². The molecule has 0 saturated heterocycles. The Morgan fingerprint density at radius 3 is 1.21 bits per heavy atom. The second-order valence-electron chi connectivity index (χ2n) is 7.61. The molecule has 0 atom stereocenters. The fourth-order valence-corrected chi connectivity index (χ4v) is 4.15. The maximum absolute atomic E-state index is 2.34. The summed E-state index contributed by atoms with van der Waals surface area (Å²) in [6.07, 6.45) is 0. The first-order valence-corrected chi connectivity index (χ1v) is 9.79. The second-order valence-corrected chi connectivity index (χ2v) is 7.61. The molecule has 0 nitrogen and oxygen atoms in total. The van der Waals surface area contributed by atoms with E-state index in [1.165, 1.54) is 54.9 Å². The van der Waals surface area contributed by atoms with Gasteiger partial charge in [0.25, 0.3) is 0 Å². The van der Waals surface area contributed by atoms with Gasteiger partial charge in [-0.3, -0.25) is 0 Å². The van der Waals surface area contributed by atoms with Gasteiger partial charge in [0.15, 0.2) is 0 Å². The van der Waals surface area contributed by atoms with Gasteiger partial charge in [-0.05, 0) is 80.9 Å². The molecule has 0 aliphatic carbocycles. The van der Waals surface area contributed by atoms with E-state index in [1.807, 2.05) is 0 Å². The highest BCUT2D eigenvalue weighted by Crippen LogP contribution is 2.34. The molecule has 0 aliphatic heterocycles. The van der Waals surface area contributed by atoms with E-state index in [0.29, 0.717) is 0 Å². The summed E-state index contributed by atoms with van der Waals surface area (Å²) >= 11 is 0. The van der Waals surface area contributed by atoms with Crippen LogP contribution in [0.3, 0.4) is 0 Å². The van der Waals surface area contributed by atoms with Crippen molar-refractivity contribution in [2.24, 2.45) is 0 Å². The van der Waals surface area contributed by atoms with Crippen molar-refractivity contribution in [1.82, 2.24) is 0 Å². The number of benzene rings is 5. The van der Waals surface area contributed by atoms with Gasteiger partial charge in [-0.15, -0.1) is 0 Å². The topological polar surface area (TPSA) is 0 Å². The van der Waals surface area contributed by atoms with Crippen LogP contribution in [-0.2, 0) is 0 Å². The Labute approximate surface area is 166 Å². The Bertz CT molecular complexity index is 1220. The highest BCUT2D eigenvalue weighted by molar-refractivity contribution is 5.90. The largest absolute Gasteiger partial charge is 0.0616 e. The molecule has 0 unspecified atom stereocenters. The van der Waals surface area contributed by atoms with Gasteiger partial charge in [-0.2, -0.15) is 0 Å². The molecule has 134 valence electrons. The van der Waals surface area contributed by atoms with Crippen molar-refractivity contribution in [1.29, 1.82) is 0 Å². The Kier molecular flexibility index (Phi) is 3.98. The van der Waals surface area contributed by atoms with Gasteiger partial charge in [0.05, 0.1) is 0 Å². The SMILES string of the molecule is Cc1cc(-c2ccc3ccccc3c2)c(C)cc1-c1ccc2ccccc2c1. The van der Waals surface area contributed by atoms with Gasteiger partial charge >= 0.3 is 0 Å². The first-order valence-electron chi connectivity index (χ1n) is 9.79. The summed E-state index contributed by atoms with van der Waals surface area (Å²) in [4.78, 5) is 0. The number of hydrogen-bond donors (Lipinski definition) is 0. The summed E-state index contributed by atoms with van der Waals surface area (Å²) in [5.41, 5.74) is 7.81.